The number of imidazole rings is 1. The van der Waals surface area contributed by atoms with Crippen LogP contribution in [0.15, 0.2) is 72.1 Å². The summed E-state index contributed by atoms with van der Waals surface area (Å²) in [6.07, 6.45) is 8.79. The number of carboxylic acid groups (broad SMARTS) is 8. The molecule has 0 radical (unpaired) electrons. The van der Waals surface area contributed by atoms with Crippen molar-refractivity contribution in [1.29, 1.82) is 0 Å². The number of thioether (sulfide) groups is 1. The summed E-state index contributed by atoms with van der Waals surface area (Å²) in [4.78, 5) is 91.8. The fourth-order valence-corrected chi connectivity index (χ4v) is 5.54. The minimum atomic E-state index is -1.02. The number of aromatic amines is 1. The number of H-pyrrole nitrogens is 1. The summed E-state index contributed by atoms with van der Waals surface area (Å²) in [5.74, 6) is -6.21. The minimum Gasteiger partial charge on any atom is -0.508 e. The van der Waals surface area contributed by atoms with E-state index in [0.29, 0.717) is 44.6 Å². The lowest BCUT2D eigenvalue weighted by Crippen LogP contribution is -2.36. The molecule has 0 saturated heterocycles. The van der Waals surface area contributed by atoms with Crippen molar-refractivity contribution in [3.8, 4) is 5.75 Å². The maximum Gasteiger partial charge on any atom is 0.320 e. The van der Waals surface area contributed by atoms with Crippen LogP contribution in [0.5, 0.6) is 5.75 Å². The van der Waals surface area contributed by atoms with E-state index in [1.165, 1.54) is 18.5 Å². The molecule has 31 heteroatoms. The molecule has 0 fully saturated rings. The van der Waals surface area contributed by atoms with Gasteiger partial charge in [-0.15, -0.1) is 0 Å². The number of nitrogens with two attached hydrogens (primary N) is 10. The van der Waals surface area contributed by atoms with Gasteiger partial charge in [-0.3, -0.25) is 43.3 Å². The first-order valence-corrected chi connectivity index (χ1v) is 27.0. The highest BCUT2D eigenvalue weighted by atomic mass is 32.2. The van der Waals surface area contributed by atoms with E-state index in [0.717, 1.165) is 29.0 Å². The second-order valence-corrected chi connectivity index (χ2v) is 19.7. The highest BCUT2D eigenvalue weighted by molar-refractivity contribution is 7.98. The molecule has 0 amide bonds. The van der Waals surface area contributed by atoms with Crippen molar-refractivity contribution in [3.05, 3.63) is 83.9 Å². The number of aliphatic carboxylic acids is 8. The van der Waals surface area contributed by atoms with E-state index < -0.39 is 96.1 Å². The van der Waals surface area contributed by atoms with Gasteiger partial charge in [0.15, 0.2) is 5.96 Å². The summed E-state index contributed by atoms with van der Waals surface area (Å²) in [5.41, 5.74) is 54.6. The summed E-state index contributed by atoms with van der Waals surface area (Å²) in [6.45, 7) is 11.6. The first-order chi connectivity index (χ1) is 38.4. The van der Waals surface area contributed by atoms with E-state index in [9.17, 15) is 38.4 Å². The van der Waals surface area contributed by atoms with Gasteiger partial charge in [-0.2, -0.15) is 11.8 Å². The van der Waals surface area contributed by atoms with E-state index in [1.807, 2.05) is 64.3 Å². The van der Waals surface area contributed by atoms with Crippen LogP contribution < -0.4 is 57.3 Å². The van der Waals surface area contributed by atoms with Gasteiger partial charge < -0.3 is 108 Å². The van der Waals surface area contributed by atoms with Crippen LogP contribution in [0.25, 0.3) is 0 Å². The first kappa shape index (κ1) is 84.3. The predicted octanol–water partition coefficient (Wildman–Crippen LogP) is -0.102. The zero-order valence-electron chi connectivity index (χ0n) is 48.1. The smallest absolute Gasteiger partial charge is 0.320 e. The molecule has 2 aromatic carbocycles. The highest BCUT2D eigenvalue weighted by Crippen LogP contribution is 2.11. The van der Waals surface area contributed by atoms with Gasteiger partial charge in [0.25, 0.3) is 0 Å². The number of hydrogen-bond acceptors (Lipinski definition) is 20. The van der Waals surface area contributed by atoms with Crippen molar-refractivity contribution in [2.24, 2.45) is 80.1 Å². The van der Waals surface area contributed by atoms with Crippen molar-refractivity contribution in [1.82, 2.24) is 9.97 Å². The number of carbonyl (C=O) groups is 8. The number of carboxylic acids is 8. The van der Waals surface area contributed by atoms with Crippen LogP contribution in [0.4, 0.5) is 0 Å². The van der Waals surface area contributed by atoms with Crippen molar-refractivity contribution in [3.63, 3.8) is 0 Å². The Morgan fingerprint density at radius 3 is 1.27 bits per heavy atom. The molecule has 1 aromatic heterocycles. The van der Waals surface area contributed by atoms with Gasteiger partial charge in [-0.25, -0.2) is 4.98 Å². The number of phenolic OH excluding ortho intramolecular Hbond substituents is 1. The largest absolute Gasteiger partial charge is 0.508 e. The van der Waals surface area contributed by atoms with Crippen molar-refractivity contribution >= 4 is 65.5 Å². The lowest BCUT2D eigenvalue weighted by molar-refractivity contribution is -0.140. The molecule has 3 rings (SSSR count). The Balaban J connectivity index is -0.000000281. The van der Waals surface area contributed by atoms with Gasteiger partial charge >= 0.3 is 47.8 Å². The summed E-state index contributed by atoms with van der Waals surface area (Å²) in [6, 6.07) is 9.51. The second-order valence-electron chi connectivity index (χ2n) is 18.7. The molecule has 0 spiro atoms. The molecule has 0 aliphatic carbocycles. The molecular weight excluding hydrogens is 1110 g/mol. The lowest BCUT2D eigenvalue weighted by atomic mass is 10.0. The zero-order valence-corrected chi connectivity index (χ0v) is 49.0. The summed E-state index contributed by atoms with van der Waals surface area (Å²) >= 11 is 1.60. The molecule has 1 heterocycles. The maximum absolute atomic E-state index is 10.4. The van der Waals surface area contributed by atoms with Crippen LogP contribution >= 0.6 is 11.8 Å². The van der Waals surface area contributed by atoms with Crippen molar-refractivity contribution in [2.45, 2.75) is 141 Å². The Morgan fingerprint density at radius 2 is 0.964 bits per heavy atom. The van der Waals surface area contributed by atoms with Crippen LogP contribution in [0.2, 0.25) is 0 Å². The number of hydrogen-bond donors (Lipinski definition) is 20. The standard InChI is InChI=1S/C9H11NO3.C9H11NO2.C6H14N4O2.C6H9N3O2.2C6H13NO2.C5H11NO2S.C5H11NO2/c10-8(9(12)13)5-6-1-3-7(11)4-2-6;10-8(9(11)12)6-7-4-2-1-3-5-7;7-4(5(11)12)2-1-3-10-6(8)9;7-5(6(10)11)1-4-2-8-3-9-4;1-4(2)3-5(7)6(8)9;1-3-4(2)5(7)6(8)9;1-9-3-2-4(6)5(7)8;1-3(2)4(6)5(7)8/h1-4,8,11H,5,10H2,(H,12,13);1-5,8H,6,10H2,(H,11,12);4H,1-3,7H2,(H,11,12)(H4,8,9,10);2-3,5H,1,7H2,(H,8,9)(H,10,11);2*4-5H,3,7H2,1-2H3,(H,8,9);4H,2-3,6H2,1H3,(H,7,8);3-4H,6H2,1-2H3,(H,7,8). The van der Waals surface area contributed by atoms with E-state index in [1.54, 1.807) is 43.9 Å². The molecule has 83 heavy (non-hydrogen) atoms. The van der Waals surface area contributed by atoms with Crippen LogP contribution in [0.1, 0.15) is 90.5 Å². The van der Waals surface area contributed by atoms with E-state index in [2.05, 4.69) is 15.0 Å². The molecule has 0 aliphatic heterocycles. The third-order valence-corrected chi connectivity index (χ3v) is 11.1. The normalized spacial score (nSPS) is 13.3. The summed E-state index contributed by atoms with van der Waals surface area (Å²) in [5, 5.41) is 76.0. The number of phenols is 1. The molecular formula is C52H93N13O17S. The Morgan fingerprint density at radius 1 is 0.554 bits per heavy atom. The van der Waals surface area contributed by atoms with Gasteiger partial charge in [0.2, 0.25) is 0 Å². The number of rotatable bonds is 26. The number of aliphatic imine (C=N–C) groups is 1. The summed E-state index contributed by atoms with van der Waals surface area (Å²) in [7, 11) is 0. The van der Waals surface area contributed by atoms with Gasteiger partial charge in [0.1, 0.15) is 54.1 Å². The minimum absolute atomic E-state index is 0.0129. The number of aromatic hydroxyl groups is 1. The topological polar surface area (TPSA) is 620 Å². The molecule has 0 bridgehead atoms. The van der Waals surface area contributed by atoms with Crippen molar-refractivity contribution < 1.29 is 84.3 Å². The van der Waals surface area contributed by atoms with Gasteiger partial charge in [-0.1, -0.05) is 90.4 Å². The monoisotopic (exact) mass is 1200 g/mol. The molecule has 474 valence electrons. The second kappa shape index (κ2) is 50.3. The summed E-state index contributed by atoms with van der Waals surface area (Å²) < 4.78 is 0. The molecule has 3 aromatic rings. The van der Waals surface area contributed by atoms with Crippen LogP contribution in [-0.2, 0) is 57.6 Å². The predicted molar refractivity (Wildman–Crippen MR) is 316 cm³/mol. The molecule has 9 unspecified atom stereocenters. The molecule has 9 atom stereocenters. The fourth-order valence-electron chi connectivity index (χ4n) is 5.05. The average Bonchev–Trinajstić information content (AvgIpc) is 3.93. The molecule has 30 nitrogen and oxygen atoms in total. The third-order valence-electron chi connectivity index (χ3n) is 10.5. The Kier molecular flexibility index (Phi) is 51.1. The van der Waals surface area contributed by atoms with Gasteiger partial charge in [0.05, 0.1) is 6.33 Å². The molecule has 30 N–H and O–H groups in total. The number of guanidine groups is 1. The van der Waals surface area contributed by atoms with Crippen LogP contribution in [-0.4, -0.2) is 177 Å². The van der Waals surface area contributed by atoms with Gasteiger partial charge in [0, 0.05) is 24.9 Å². The zero-order chi connectivity index (χ0) is 65.5. The number of benzene rings is 2. The SMILES string of the molecule is CC(C)C(N)C(=O)O.CC(C)CC(N)C(=O)O.CCC(C)C(N)C(=O)O.CSCCC(N)C(=O)O.NC(Cc1ccc(O)cc1)C(=O)O.NC(Cc1ccccc1)C(=O)O.NC(Cc1cnc[nH]1)C(=O)O.NC(N)=NCCCC(N)C(=O)O. The number of aromatic nitrogens is 2. The lowest BCUT2D eigenvalue weighted by Gasteiger charge is -2.11. The van der Waals surface area contributed by atoms with Crippen molar-refractivity contribution in [2.75, 3.05) is 18.6 Å². The fraction of sp³-hybridized carbons (Fsp3) is 0.538. The van der Waals surface area contributed by atoms with Gasteiger partial charge in [-0.05, 0) is 91.5 Å². The Bertz CT molecular complexity index is 2270. The number of nitrogens with one attached hydrogen (secondary N) is 1. The highest BCUT2D eigenvalue weighted by Gasteiger charge is 2.18. The Hall–Kier alpha value is -7.49. The third kappa shape index (κ3) is 52.3. The first-order valence-electron chi connectivity index (χ1n) is 25.6. The van der Waals surface area contributed by atoms with E-state index in [-0.39, 0.29) is 36.4 Å². The van der Waals surface area contributed by atoms with E-state index >= 15 is 0 Å². The van der Waals surface area contributed by atoms with Crippen LogP contribution in [0, 0.1) is 17.8 Å². The molecule has 0 aliphatic rings. The quantitative estimate of drug-likeness (QED) is 0.0283. The maximum atomic E-state index is 10.4. The van der Waals surface area contributed by atoms with E-state index in [4.69, 9.17) is 103 Å². The Labute approximate surface area is 487 Å². The van der Waals surface area contributed by atoms with Crippen LogP contribution in [0.3, 0.4) is 0 Å². The number of nitrogens with zero attached hydrogens (tertiary/aromatic N) is 2. The molecule has 0 saturated carbocycles. The average molecular weight is 1200 g/mol.